The lowest BCUT2D eigenvalue weighted by atomic mass is 9.78. The van der Waals surface area contributed by atoms with Crippen LogP contribution in [0.4, 0.5) is 0 Å². The summed E-state index contributed by atoms with van der Waals surface area (Å²) in [5.74, 6) is -2.94. The normalized spacial score (nSPS) is 19.4. The zero-order valence-electron chi connectivity index (χ0n) is 24.7. The van der Waals surface area contributed by atoms with Crippen molar-refractivity contribution in [2.45, 2.75) is 31.0 Å². The predicted molar refractivity (Wildman–Crippen MR) is 168 cm³/mol. The number of nitrogens with one attached hydrogen (secondary N) is 2. The molecule has 1 saturated heterocycles. The Balaban J connectivity index is 1.27. The molecule has 48 heavy (non-hydrogen) atoms. The zero-order chi connectivity index (χ0) is 34.0. The Bertz CT molecular complexity index is 2830. The lowest BCUT2D eigenvalue weighted by Gasteiger charge is -2.27. The number of rotatable bonds is 4. The van der Waals surface area contributed by atoms with Crippen LogP contribution in [0.25, 0.3) is 22.3 Å². The molecule has 8 rings (SSSR count). The number of methoxy groups -OCH3 is 1. The first-order valence-corrected chi connectivity index (χ1v) is 15.0. The number of halogens is 1. The minimum absolute atomic E-state index is 0.0217. The molecule has 1 fully saturated rings. The Labute approximate surface area is 270 Å². The number of carbonyl (C=O) groups is 1. The lowest BCUT2D eigenvalue weighted by Crippen LogP contribution is -2.51. The van der Waals surface area contributed by atoms with Crippen LogP contribution in [0, 0.1) is 10.4 Å². The average molecular weight is 670 g/mol. The van der Waals surface area contributed by atoms with Crippen molar-refractivity contribution in [3.8, 4) is 11.5 Å². The molecule has 2 aromatic heterocycles. The van der Waals surface area contributed by atoms with Gasteiger partial charge in [-0.2, -0.15) is 4.57 Å². The maximum absolute atomic E-state index is 13.7. The van der Waals surface area contributed by atoms with Crippen molar-refractivity contribution in [3.05, 3.63) is 137 Å². The van der Waals surface area contributed by atoms with Gasteiger partial charge < -0.3 is 25.0 Å². The highest BCUT2D eigenvalue weighted by Crippen LogP contribution is 2.54. The van der Waals surface area contributed by atoms with Gasteiger partial charge >= 0.3 is 5.91 Å². The van der Waals surface area contributed by atoms with Crippen molar-refractivity contribution >= 4 is 39.8 Å². The van der Waals surface area contributed by atoms with Gasteiger partial charge in [0.2, 0.25) is 22.8 Å². The summed E-state index contributed by atoms with van der Waals surface area (Å²) < 4.78 is 6.51. The summed E-state index contributed by atoms with van der Waals surface area (Å²) >= 11 is 6.00. The van der Waals surface area contributed by atoms with E-state index in [0.717, 1.165) is 13.2 Å². The molecule has 14 nitrogen and oxygen atoms in total. The number of aromatic hydroxyl groups is 1. The van der Waals surface area contributed by atoms with Gasteiger partial charge in [-0.25, -0.2) is 10.4 Å². The van der Waals surface area contributed by atoms with Crippen molar-refractivity contribution in [2.24, 2.45) is 0 Å². The fourth-order valence-electron chi connectivity index (χ4n) is 7.26. The van der Waals surface area contributed by atoms with Crippen LogP contribution in [0.2, 0.25) is 5.02 Å². The largest absolute Gasteiger partial charge is 0.510 e. The van der Waals surface area contributed by atoms with Crippen molar-refractivity contribution in [1.82, 2.24) is 15.4 Å². The summed E-state index contributed by atoms with van der Waals surface area (Å²) in [6.45, 7) is -0.0217. The van der Waals surface area contributed by atoms with Gasteiger partial charge in [-0.15, -0.1) is 0 Å². The number of ether oxygens (including phenoxy) is 1. The van der Waals surface area contributed by atoms with Gasteiger partial charge in [0.25, 0.3) is 5.56 Å². The Morgan fingerprint density at radius 3 is 2.42 bits per heavy atom. The molecule has 0 saturated carbocycles. The number of benzene rings is 1. The number of nitrogens with zero attached hydrogens (tertiary/aromatic N) is 2. The molecular weight excluding hydrogens is 648 g/mol. The Morgan fingerprint density at radius 1 is 1.02 bits per heavy atom. The van der Waals surface area contributed by atoms with Gasteiger partial charge in [-0.1, -0.05) is 17.7 Å². The molecule has 3 aromatic rings. The summed E-state index contributed by atoms with van der Waals surface area (Å²) in [4.78, 5) is 82.1. The number of aromatic amines is 1. The van der Waals surface area contributed by atoms with Crippen LogP contribution in [0.3, 0.4) is 0 Å². The number of hydrazine groups is 1. The van der Waals surface area contributed by atoms with Gasteiger partial charge in [0.1, 0.15) is 27.7 Å². The Hall–Kier alpha value is -5.86. The van der Waals surface area contributed by atoms with Crippen LogP contribution in [0.15, 0.2) is 66.7 Å². The van der Waals surface area contributed by atoms with Crippen LogP contribution in [-0.4, -0.2) is 38.3 Å². The van der Waals surface area contributed by atoms with Crippen LogP contribution in [-0.2, 0) is 23.2 Å². The van der Waals surface area contributed by atoms with E-state index in [1.807, 2.05) is 0 Å². The van der Waals surface area contributed by atoms with Gasteiger partial charge in [0.05, 0.1) is 39.1 Å². The second kappa shape index (κ2) is 9.82. The van der Waals surface area contributed by atoms with Crippen LogP contribution < -0.4 is 52.4 Å². The van der Waals surface area contributed by atoms with E-state index in [9.17, 15) is 44.1 Å². The number of hydrogen-bond donors (Lipinski definition) is 5. The van der Waals surface area contributed by atoms with E-state index >= 15 is 0 Å². The average Bonchev–Trinajstić information content (AvgIpc) is 3.71. The molecule has 0 bridgehead atoms. The summed E-state index contributed by atoms with van der Waals surface area (Å²) in [5.41, 5.74) is -3.50. The van der Waals surface area contributed by atoms with Crippen molar-refractivity contribution < 1.29 is 29.4 Å². The molecule has 240 valence electrons. The summed E-state index contributed by atoms with van der Waals surface area (Å²) in [5, 5.41) is 33.9. The molecule has 5 aliphatic rings. The summed E-state index contributed by atoms with van der Waals surface area (Å²) in [6.07, 6.45) is 2.62. The Kier molecular flexibility index (Phi) is 6.05. The second-order valence-corrected chi connectivity index (χ2v) is 12.4. The lowest BCUT2D eigenvalue weighted by molar-refractivity contribution is -0.684. The van der Waals surface area contributed by atoms with Gasteiger partial charge in [-0.05, 0) is 35.9 Å². The number of aromatic nitrogens is 2. The highest BCUT2D eigenvalue weighted by Gasteiger charge is 2.53. The molecule has 1 aliphatic heterocycles. The number of aliphatic hydroxyl groups is 2. The second-order valence-electron chi connectivity index (χ2n) is 11.9. The third-order valence-corrected chi connectivity index (χ3v) is 9.65. The number of aryl methyl sites for hydroxylation is 1. The standard InChI is InChI=1S/C33H21ClN4O10/c1-48-17-9-16(39)20-21(25(17)41)27(43)23-22(26(20)42)29(45)33(30(23)46)5-4-12-7-13-8-15(35-32(47)19(13)28(44)24(12)33)31-36-38(31)18(40)11-37-6-2-3-14(34)10-37/h2-3,6-10,31,36H,4-5,11H2,1H3,(H3-,35,39,41,42,43,44,45,46,47)/p+1/t31?,33-,38?/m0/s1. The number of phenols is 1. The van der Waals surface area contributed by atoms with E-state index in [1.54, 1.807) is 41.2 Å². The van der Waals surface area contributed by atoms with Crippen molar-refractivity contribution in [1.29, 1.82) is 0 Å². The molecule has 3 heterocycles. The quantitative estimate of drug-likeness (QED) is 0.110. The first kappa shape index (κ1) is 29.5. The minimum Gasteiger partial charge on any atom is -0.510 e. The van der Waals surface area contributed by atoms with Gasteiger partial charge in [0.15, 0.2) is 29.7 Å². The number of pyridine rings is 2. The van der Waals surface area contributed by atoms with E-state index in [0.29, 0.717) is 21.7 Å². The van der Waals surface area contributed by atoms with Crippen molar-refractivity contribution in [2.75, 3.05) is 7.11 Å². The topological polar surface area (TPSA) is 217 Å². The van der Waals surface area contributed by atoms with Gasteiger partial charge in [-0.3, -0.25) is 28.8 Å². The maximum Gasteiger partial charge on any atom is 0.304 e. The molecule has 15 heteroatoms. The minimum atomic E-state index is -2.01. The third kappa shape index (κ3) is 3.74. The van der Waals surface area contributed by atoms with E-state index in [4.69, 9.17) is 16.3 Å². The third-order valence-electron chi connectivity index (χ3n) is 9.43. The van der Waals surface area contributed by atoms with Crippen molar-refractivity contribution in [3.63, 3.8) is 0 Å². The van der Waals surface area contributed by atoms with Crippen LogP contribution in [0.1, 0.15) is 29.4 Å². The molecule has 1 spiro atoms. The van der Waals surface area contributed by atoms with E-state index in [-0.39, 0.29) is 36.2 Å². The first-order chi connectivity index (χ1) is 22.9. The molecular formula is C33H22ClN4O10+. The monoisotopic (exact) mass is 669 g/mol. The number of H-pyrrole nitrogens is 1. The summed E-state index contributed by atoms with van der Waals surface area (Å²) in [7, 11) is 1.11. The molecule has 1 amide bonds. The number of carbonyl (C=O) groups excluding carboxylic acids is 1. The molecule has 2 atom stereocenters. The highest BCUT2D eigenvalue weighted by atomic mass is 35.5. The smallest absolute Gasteiger partial charge is 0.304 e. The molecule has 1 aromatic carbocycles. The summed E-state index contributed by atoms with van der Waals surface area (Å²) in [6, 6.07) is 7.31. The zero-order valence-corrected chi connectivity index (χ0v) is 25.5. The number of phenolic OH excluding ortho intramolecular Hbond substituents is 1. The molecule has 4 aliphatic carbocycles. The van der Waals surface area contributed by atoms with Crippen LogP contribution >= 0.6 is 11.6 Å². The van der Waals surface area contributed by atoms with Crippen LogP contribution in [0.5, 0.6) is 11.5 Å². The molecule has 1 unspecified atom stereocenters. The fraction of sp³-hybridized carbons (Fsp3) is 0.182. The highest BCUT2D eigenvalue weighted by molar-refractivity contribution is 6.30. The number of amides is 1. The first-order valence-electron chi connectivity index (χ1n) is 14.6. The molecule has 0 radical (unpaired) electrons. The van der Waals surface area contributed by atoms with Gasteiger partial charge in [0, 0.05) is 17.7 Å². The maximum atomic E-state index is 13.7. The number of hydrogen-bond acceptors (Lipinski definition) is 11. The predicted octanol–water partition coefficient (Wildman–Crippen LogP) is -1.50. The van der Waals surface area contributed by atoms with E-state index in [1.165, 1.54) is 5.01 Å². The van der Waals surface area contributed by atoms with E-state index < -0.39 is 82.7 Å². The molecule has 5 N–H and O–H groups in total. The number of aliphatic hydroxyl groups excluding tert-OH is 2. The Morgan fingerprint density at radius 2 is 1.73 bits per heavy atom. The van der Waals surface area contributed by atoms with E-state index in [2.05, 4.69) is 10.4 Å². The fourth-order valence-corrected chi connectivity index (χ4v) is 7.46. The SMILES string of the molecule is COc1cc(=O)c2c(=O)c3c(c(=O)c=2c1=O)=C(O)[C@]1(CCc2cc4cc(C5NN5C(=O)C[n+]5cccc(Cl)c5)[nH]c(=O)c4c(O)c21)C=3O. The number of fused-ring (bicyclic) bond motifs is 4.